The van der Waals surface area contributed by atoms with Gasteiger partial charge in [0, 0.05) is 37.3 Å². The molecule has 140 valence electrons. The van der Waals surface area contributed by atoms with Crippen LogP contribution in [0.25, 0.3) is 0 Å². The van der Waals surface area contributed by atoms with E-state index in [0.29, 0.717) is 31.7 Å². The van der Waals surface area contributed by atoms with Gasteiger partial charge in [0.25, 0.3) is 11.8 Å². The number of fused-ring (bicyclic) bond motifs is 1. The molecule has 2 amide bonds. The first-order valence-corrected chi connectivity index (χ1v) is 9.58. The summed E-state index contributed by atoms with van der Waals surface area (Å²) < 4.78 is 13.0. The number of halogens is 1. The van der Waals surface area contributed by atoms with Crippen molar-refractivity contribution in [2.45, 2.75) is 25.7 Å². The Morgan fingerprint density at radius 1 is 0.704 bits per heavy atom. The zero-order valence-corrected chi connectivity index (χ0v) is 15.3. The first kappa shape index (κ1) is 17.7. The van der Waals surface area contributed by atoms with Crippen LogP contribution in [-0.4, -0.2) is 47.8 Å². The van der Waals surface area contributed by atoms with E-state index in [9.17, 15) is 14.0 Å². The van der Waals surface area contributed by atoms with Crippen LogP contribution in [0.15, 0.2) is 42.5 Å². The van der Waals surface area contributed by atoms with Gasteiger partial charge in [-0.05, 0) is 73.2 Å². The Bertz CT molecular complexity index is 855. The minimum Gasteiger partial charge on any atom is -0.335 e. The first-order valence-electron chi connectivity index (χ1n) is 9.58. The average Bonchev–Trinajstić information content (AvgIpc) is 2.73. The van der Waals surface area contributed by atoms with Crippen LogP contribution in [-0.2, 0) is 12.8 Å². The van der Waals surface area contributed by atoms with Crippen LogP contribution in [0.5, 0.6) is 0 Å². The van der Waals surface area contributed by atoms with Crippen LogP contribution >= 0.6 is 0 Å². The third-order valence-corrected chi connectivity index (χ3v) is 5.54. The van der Waals surface area contributed by atoms with Crippen molar-refractivity contribution >= 4 is 11.8 Å². The molecule has 27 heavy (non-hydrogen) atoms. The van der Waals surface area contributed by atoms with E-state index in [4.69, 9.17) is 0 Å². The summed E-state index contributed by atoms with van der Waals surface area (Å²) in [6.07, 6.45) is 4.57. The fraction of sp³-hybridized carbons (Fsp3) is 0.364. The van der Waals surface area contributed by atoms with Gasteiger partial charge in [-0.3, -0.25) is 9.59 Å². The summed E-state index contributed by atoms with van der Waals surface area (Å²) in [7, 11) is 0. The smallest absolute Gasteiger partial charge is 0.253 e. The van der Waals surface area contributed by atoms with Crippen molar-refractivity contribution in [2.24, 2.45) is 0 Å². The number of amides is 2. The molecule has 2 aliphatic rings. The Morgan fingerprint density at radius 2 is 1.22 bits per heavy atom. The molecule has 1 heterocycles. The third-order valence-electron chi connectivity index (χ3n) is 5.54. The quantitative estimate of drug-likeness (QED) is 0.818. The van der Waals surface area contributed by atoms with Crippen LogP contribution in [0, 0.1) is 5.82 Å². The SMILES string of the molecule is O=C(c1ccc(F)cc1)N1CCN(C(=O)c2ccc3c(c2)CCCC3)CC1. The lowest BCUT2D eigenvalue weighted by atomic mass is 9.90. The number of hydrogen-bond donors (Lipinski definition) is 0. The maximum Gasteiger partial charge on any atom is 0.253 e. The Labute approximate surface area is 158 Å². The van der Waals surface area contributed by atoms with Gasteiger partial charge in [0.2, 0.25) is 0 Å². The topological polar surface area (TPSA) is 40.6 Å². The van der Waals surface area contributed by atoms with Gasteiger partial charge in [-0.15, -0.1) is 0 Å². The molecule has 1 aliphatic carbocycles. The number of carbonyl (C=O) groups is 2. The highest BCUT2D eigenvalue weighted by atomic mass is 19.1. The van der Waals surface area contributed by atoms with E-state index in [1.54, 1.807) is 4.90 Å². The normalized spacial score (nSPS) is 16.8. The molecule has 1 fully saturated rings. The second-order valence-electron chi connectivity index (χ2n) is 7.28. The van der Waals surface area contributed by atoms with Gasteiger partial charge in [0.05, 0.1) is 0 Å². The van der Waals surface area contributed by atoms with E-state index in [2.05, 4.69) is 6.07 Å². The van der Waals surface area contributed by atoms with E-state index >= 15 is 0 Å². The molecule has 2 aromatic rings. The highest BCUT2D eigenvalue weighted by Crippen LogP contribution is 2.23. The number of rotatable bonds is 2. The summed E-state index contributed by atoms with van der Waals surface area (Å²) in [6.45, 7) is 2.02. The van der Waals surface area contributed by atoms with Gasteiger partial charge >= 0.3 is 0 Å². The lowest BCUT2D eigenvalue weighted by Crippen LogP contribution is -2.50. The number of aryl methyl sites for hydroxylation is 2. The summed E-state index contributed by atoms with van der Waals surface area (Å²) in [5.41, 5.74) is 3.89. The van der Waals surface area contributed by atoms with Crippen molar-refractivity contribution < 1.29 is 14.0 Å². The van der Waals surface area contributed by atoms with Crippen molar-refractivity contribution in [1.29, 1.82) is 0 Å². The van der Waals surface area contributed by atoms with Crippen LogP contribution in [0.2, 0.25) is 0 Å². The molecule has 0 bridgehead atoms. The highest BCUT2D eigenvalue weighted by molar-refractivity contribution is 5.96. The molecular weight excluding hydrogens is 343 g/mol. The molecule has 1 saturated heterocycles. The van der Waals surface area contributed by atoms with E-state index in [1.165, 1.54) is 48.2 Å². The zero-order chi connectivity index (χ0) is 18.8. The molecule has 0 unspecified atom stereocenters. The summed E-state index contributed by atoms with van der Waals surface area (Å²) >= 11 is 0. The van der Waals surface area contributed by atoms with Crippen molar-refractivity contribution in [3.8, 4) is 0 Å². The molecule has 4 nitrogen and oxygen atoms in total. The Hall–Kier alpha value is -2.69. The van der Waals surface area contributed by atoms with E-state index in [-0.39, 0.29) is 17.6 Å². The molecule has 0 spiro atoms. The largest absolute Gasteiger partial charge is 0.335 e. The maximum absolute atomic E-state index is 13.0. The molecule has 1 aliphatic heterocycles. The minimum atomic E-state index is -0.355. The number of nitrogens with zero attached hydrogens (tertiary/aromatic N) is 2. The van der Waals surface area contributed by atoms with Crippen molar-refractivity contribution in [3.63, 3.8) is 0 Å². The summed E-state index contributed by atoms with van der Waals surface area (Å²) in [4.78, 5) is 28.9. The molecule has 0 aromatic heterocycles. The van der Waals surface area contributed by atoms with E-state index in [1.807, 2.05) is 17.0 Å². The highest BCUT2D eigenvalue weighted by Gasteiger charge is 2.26. The number of piperazine rings is 1. The second-order valence-corrected chi connectivity index (χ2v) is 7.28. The number of benzene rings is 2. The zero-order valence-electron chi connectivity index (χ0n) is 15.3. The molecule has 4 rings (SSSR count). The van der Waals surface area contributed by atoms with Gasteiger partial charge in [-0.25, -0.2) is 4.39 Å². The van der Waals surface area contributed by atoms with Crippen LogP contribution in [0.4, 0.5) is 4.39 Å². The lowest BCUT2D eigenvalue weighted by molar-refractivity contribution is 0.0535. The molecule has 0 atom stereocenters. The fourth-order valence-electron chi connectivity index (χ4n) is 3.94. The predicted octanol–water partition coefficient (Wildman–Crippen LogP) is 3.30. The van der Waals surface area contributed by atoms with Gasteiger partial charge in [-0.2, -0.15) is 0 Å². The van der Waals surface area contributed by atoms with Crippen molar-refractivity contribution in [1.82, 2.24) is 9.80 Å². The molecule has 2 aromatic carbocycles. The number of hydrogen-bond acceptors (Lipinski definition) is 2. The van der Waals surface area contributed by atoms with Crippen LogP contribution < -0.4 is 0 Å². The maximum atomic E-state index is 13.0. The lowest BCUT2D eigenvalue weighted by Gasteiger charge is -2.35. The predicted molar refractivity (Wildman–Crippen MR) is 101 cm³/mol. The molecule has 0 N–H and O–H groups in total. The summed E-state index contributed by atoms with van der Waals surface area (Å²) in [5, 5.41) is 0. The number of carbonyl (C=O) groups excluding carboxylic acids is 2. The van der Waals surface area contributed by atoms with Gasteiger partial charge < -0.3 is 9.80 Å². The van der Waals surface area contributed by atoms with Crippen LogP contribution in [0.3, 0.4) is 0 Å². The third kappa shape index (κ3) is 3.72. The Balaban J connectivity index is 1.39. The van der Waals surface area contributed by atoms with Gasteiger partial charge in [0.1, 0.15) is 5.82 Å². The Kier molecular flexibility index (Phi) is 4.92. The monoisotopic (exact) mass is 366 g/mol. The Morgan fingerprint density at radius 3 is 1.85 bits per heavy atom. The average molecular weight is 366 g/mol. The minimum absolute atomic E-state index is 0.0391. The van der Waals surface area contributed by atoms with Gasteiger partial charge in [-0.1, -0.05) is 6.07 Å². The van der Waals surface area contributed by atoms with Crippen molar-refractivity contribution in [3.05, 3.63) is 70.5 Å². The summed E-state index contributed by atoms with van der Waals surface area (Å²) in [5.74, 6) is -0.430. The van der Waals surface area contributed by atoms with Crippen molar-refractivity contribution in [2.75, 3.05) is 26.2 Å². The standard InChI is InChI=1S/C22H23FN2O2/c23-20-9-7-17(8-10-20)21(26)24-11-13-25(14-12-24)22(27)19-6-5-16-3-1-2-4-18(16)15-19/h5-10,15H,1-4,11-14H2. The summed E-state index contributed by atoms with van der Waals surface area (Å²) in [6, 6.07) is 11.7. The molecule has 0 radical (unpaired) electrons. The fourth-order valence-corrected chi connectivity index (χ4v) is 3.94. The van der Waals surface area contributed by atoms with E-state index in [0.717, 1.165) is 18.4 Å². The van der Waals surface area contributed by atoms with E-state index < -0.39 is 0 Å². The molecular formula is C22H23FN2O2. The second kappa shape index (κ2) is 7.51. The molecule has 5 heteroatoms. The first-order chi connectivity index (χ1) is 13.1. The molecule has 0 saturated carbocycles. The van der Waals surface area contributed by atoms with Gasteiger partial charge in [0.15, 0.2) is 0 Å². The van der Waals surface area contributed by atoms with Crippen LogP contribution in [0.1, 0.15) is 44.7 Å².